The monoisotopic (exact) mass is 273 g/mol. The molecule has 1 aliphatic heterocycles. The topological polar surface area (TPSA) is 67.1 Å². The van der Waals surface area contributed by atoms with Crippen LogP contribution in [-0.4, -0.2) is 49.9 Å². The van der Waals surface area contributed by atoms with Crippen molar-refractivity contribution in [2.24, 2.45) is 0 Å². The minimum absolute atomic E-state index is 0.186. The summed E-state index contributed by atoms with van der Waals surface area (Å²) in [6, 6.07) is 10.6. The lowest BCUT2D eigenvalue weighted by atomic mass is 10.2. The van der Waals surface area contributed by atoms with Crippen LogP contribution in [0, 0.1) is 0 Å². The van der Waals surface area contributed by atoms with E-state index in [1.54, 1.807) is 0 Å². The van der Waals surface area contributed by atoms with Gasteiger partial charge in [0.2, 0.25) is 0 Å². The molecule has 0 radical (unpaired) electrons. The Kier molecular flexibility index (Phi) is 3.75. The van der Waals surface area contributed by atoms with Gasteiger partial charge in [0, 0.05) is 6.04 Å². The Labute approximate surface area is 118 Å². The van der Waals surface area contributed by atoms with Crippen molar-refractivity contribution in [1.29, 1.82) is 0 Å². The first-order valence-corrected chi connectivity index (χ1v) is 6.92. The average molecular weight is 273 g/mol. The van der Waals surface area contributed by atoms with E-state index < -0.39 is 0 Å². The Morgan fingerprint density at radius 2 is 2.05 bits per heavy atom. The van der Waals surface area contributed by atoms with Crippen LogP contribution in [0.4, 0.5) is 0 Å². The van der Waals surface area contributed by atoms with Gasteiger partial charge in [0.15, 0.2) is 5.82 Å². The molecule has 6 nitrogen and oxygen atoms in total. The van der Waals surface area contributed by atoms with Gasteiger partial charge < -0.3 is 5.11 Å². The van der Waals surface area contributed by atoms with Crippen molar-refractivity contribution >= 4 is 0 Å². The fourth-order valence-electron chi connectivity index (χ4n) is 2.86. The number of hydrogen-bond acceptors (Lipinski definition) is 5. The van der Waals surface area contributed by atoms with Crippen LogP contribution in [-0.2, 0) is 6.54 Å². The molecule has 0 bridgehead atoms. The molecule has 2 aromatic rings. The second-order valence-corrected chi connectivity index (χ2v) is 5.28. The van der Waals surface area contributed by atoms with Crippen LogP contribution in [0.3, 0.4) is 0 Å². The number of aromatic nitrogens is 4. The van der Waals surface area contributed by atoms with Gasteiger partial charge in [0.05, 0.1) is 19.2 Å². The van der Waals surface area contributed by atoms with Crippen LogP contribution < -0.4 is 0 Å². The Hall–Kier alpha value is -1.79. The van der Waals surface area contributed by atoms with Gasteiger partial charge in [-0.15, -0.1) is 5.10 Å². The van der Waals surface area contributed by atoms with E-state index in [0.717, 1.165) is 18.7 Å². The summed E-state index contributed by atoms with van der Waals surface area (Å²) in [6.45, 7) is 0.866. The van der Waals surface area contributed by atoms with Gasteiger partial charge >= 0.3 is 0 Å². The van der Waals surface area contributed by atoms with Gasteiger partial charge in [-0.25, -0.2) is 4.68 Å². The van der Waals surface area contributed by atoms with Crippen molar-refractivity contribution in [3.05, 3.63) is 41.7 Å². The minimum Gasteiger partial charge on any atom is -0.395 e. The van der Waals surface area contributed by atoms with E-state index in [0.29, 0.717) is 6.54 Å². The minimum atomic E-state index is 0.186. The molecule has 0 amide bonds. The van der Waals surface area contributed by atoms with E-state index in [1.807, 2.05) is 29.9 Å². The van der Waals surface area contributed by atoms with Crippen molar-refractivity contribution in [1.82, 2.24) is 25.1 Å². The molecule has 106 valence electrons. The molecule has 0 saturated carbocycles. The molecule has 6 heteroatoms. The molecular formula is C14H19N5O. The van der Waals surface area contributed by atoms with E-state index in [4.69, 9.17) is 0 Å². The van der Waals surface area contributed by atoms with Crippen LogP contribution in [0.2, 0.25) is 0 Å². The zero-order valence-corrected chi connectivity index (χ0v) is 11.6. The molecule has 1 fully saturated rings. The van der Waals surface area contributed by atoms with Crippen LogP contribution in [0.25, 0.3) is 0 Å². The predicted octanol–water partition coefficient (Wildman–Crippen LogP) is 0.849. The van der Waals surface area contributed by atoms with Crippen molar-refractivity contribution < 1.29 is 5.11 Å². The molecule has 0 aliphatic carbocycles. The fourth-order valence-corrected chi connectivity index (χ4v) is 2.86. The molecule has 0 unspecified atom stereocenters. The maximum absolute atomic E-state index is 9.36. The third-order valence-corrected chi connectivity index (χ3v) is 4.08. The molecule has 20 heavy (non-hydrogen) atoms. The first-order valence-electron chi connectivity index (χ1n) is 6.92. The Morgan fingerprint density at radius 3 is 2.75 bits per heavy atom. The number of tetrazole rings is 1. The number of aliphatic hydroxyl groups is 1. The maximum Gasteiger partial charge on any atom is 0.168 e. The number of likely N-dealkylation sites (tertiary alicyclic amines) is 1. The van der Waals surface area contributed by atoms with Gasteiger partial charge in [-0.05, 0) is 35.9 Å². The van der Waals surface area contributed by atoms with E-state index in [2.05, 4.69) is 32.6 Å². The van der Waals surface area contributed by atoms with E-state index in [1.165, 1.54) is 5.56 Å². The summed E-state index contributed by atoms with van der Waals surface area (Å²) >= 11 is 0. The largest absolute Gasteiger partial charge is 0.395 e. The third-order valence-electron chi connectivity index (χ3n) is 4.08. The number of benzene rings is 1. The van der Waals surface area contributed by atoms with Gasteiger partial charge in [-0.2, -0.15) is 0 Å². The Bertz CT molecular complexity index is 556. The maximum atomic E-state index is 9.36. The lowest BCUT2D eigenvalue weighted by Crippen LogP contribution is -2.31. The third kappa shape index (κ3) is 2.44. The SMILES string of the molecule is CN1[C@H](CO)CC[C@H]1c1nnnn1Cc1ccccc1. The number of aliphatic hydroxyl groups excluding tert-OH is 1. The Morgan fingerprint density at radius 1 is 1.25 bits per heavy atom. The second kappa shape index (κ2) is 5.68. The van der Waals surface area contributed by atoms with Crippen LogP contribution in [0.1, 0.15) is 30.3 Å². The highest BCUT2D eigenvalue weighted by Crippen LogP contribution is 2.33. The fraction of sp³-hybridized carbons (Fsp3) is 0.500. The number of hydrogen-bond donors (Lipinski definition) is 1. The predicted molar refractivity (Wildman–Crippen MR) is 74.0 cm³/mol. The Balaban J connectivity index is 1.80. The zero-order chi connectivity index (χ0) is 13.9. The summed E-state index contributed by atoms with van der Waals surface area (Å²) < 4.78 is 1.86. The molecule has 1 N–H and O–H groups in total. The van der Waals surface area contributed by atoms with Crippen LogP contribution in [0.5, 0.6) is 0 Å². The molecule has 0 spiro atoms. The summed E-state index contributed by atoms with van der Waals surface area (Å²) in [6.07, 6.45) is 1.97. The summed E-state index contributed by atoms with van der Waals surface area (Å²) in [5, 5.41) is 21.5. The molecule has 1 aromatic carbocycles. The smallest absolute Gasteiger partial charge is 0.168 e. The summed E-state index contributed by atoms with van der Waals surface area (Å²) in [5.74, 6) is 0.882. The second-order valence-electron chi connectivity index (χ2n) is 5.28. The molecule has 3 rings (SSSR count). The standard InChI is InChI=1S/C14H19N5O/c1-18-12(10-20)7-8-13(18)14-15-16-17-19(14)9-11-5-3-2-4-6-11/h2-6,12-13,20H,7-10H2,1H3/t12-,13-/m0/s1. The van der Waals surface area contributed by atoms with Crippen LogP contribution in [0.15, 0.2) is 30.3 Å². The summed E-state index contributed by atoms with van der Waals surface area (Å²) in [5.41, 5.74) is 1.18. The van der Waals surface area contributed by atoms with Crippen molar-refractivity contribution in [3.8, 4) is 0 Å². The average Bonchev–Trinajstić information content (AvgIpc) is 3.06. The molecule has 1 aromatic heterocycles. The quantitative estimate of drug-likeness (QED) is 0.894. The number of likely N-dealkylation sites (N-methyl/N-ethyl adjacent to an activating group) is 1. The van der Waals surface area contributed by atoms with Gasteiger partial charge in [-0.1, -0.05) is 30.3 Å². The lowest BCUT2D eigenvalue weighted by molar-refractivity contribution is 0.151. The number of nitrogens with zero attached hydrogens (tertiary/aromatic N) is 5. The molecule has 1 aliphatic rings. The van der Waals surface area contributed by atoms with Crippen molar-refractivity contribution in [2.45, 2.75) is 31.5 Å². The first-order chi connectivity index (χ1) is 9.79. The summed E-state index contributed by atoms with van der Waals surface area (Å²) in [7, 11) is 2.03. The number of rotatable bonds is 4. The molecule has 2 atom stereocenters. The molecule has 1 saturated heterocycles. The zero-order valence-electron chi connectivity index (χ0n) is 11.6. The highest BCUT2D eigenvalue weighted by Gasteiger charge is 2.34. The highest BCUT2D eigenvalue weighted by molar-refractivity contribution is 5.15. The summed E-state index contributed by atoms with van der Waals surface area (Å²) in [4.78, 5) is 2.17. The lowest BCUT2D eigenvalue weighted by Gasteiger charge is -2.23. The highest BCUT2D eigenvalue weighted by atomic mass is 16.3. The first kappa shape index (κ1) is 13.2. The molecular weight excluding hydrogens is 254 g/mol. The van der Waals surface area contributed by atoms with Gasteiger partial charge in [-0.3, -0.25) is 4.90 Å². The van der Waals surface area contributed by atoms with E-state index in [-0.39, 0.29) is 18.7 Å². The van der Waals surface area contributed by atoms with Gasteiger partial charge in [0.1, 0.15) is 0 Å². The molecule has 2 heterocycles. The van der Waals surface area contributed by atoms with E-state index >= 15 is 0 Å². The van der Waals surface area contributed by atoms with Gasteiger partial charge in [0.25, 0.3) is 0 Å². The van der Waals surface area contributed by atoms with Crippen molar-refractivity contribution in [2.75, 3.05) is 13.7 Å². The van der Waals surface area contributed by atoms with Crippen molar-refractivity contribution in [3.63, 3.8) is 0 Å². The van der Waals surface area contributed by atoms with Crippen LogP contribution >= 0.6 is 0 Å². The van der Waals surface area contributed by atoms with E-state index in [9.17, 15) is 5.11 Å². The normalized spacial score (nSPS) is 23.3.